The van der Waals surface area contributed by atoms with Crippen molar-refractivity contribution in [3.8, 4) is 0 Å². The fraction of sp³-hybridized carbons (Fsp3) is 0.400. The van der Waals surface area contributed by atoms with Gasteiger partial charge in [-0.1, -0.05) is 12.1 Å². The fourth-order valence-corrected chi connectivity index (χ4v) is 1.66. The maximum absolute atomic E-state index is 10.5. The molecule has 1 rings (SSSR count). The molecular weight excluding hydrogens is 230 g/mol. The summed E-state index contributed by atoms with van der Waals surface area (Å²) in [7, 11) is -4.35. The number of hydrogen-bond acceptors (Lipinski definition) is 4. The van der Waals surface area contributed by atoms with Crippen molar-refractivity contribution in [1.29, 1.82) is 0 Å². The molecule has 0 saturated carbocycles. The van der Waals surface area contributed by atoms with Crippen molar-refractivity contribution in [1.82, 2.24) is 0 Å². The van der Waals surface area contributed by atoms with Gasteiger partial charge < -0.3 is 10.4 Å². The van der Waals surface area contributed by atoms with Crippen LogP contribution < -0.4 is 5.32 Å². The van der Waals surface area contributed by atoms with Gasteiger partial charge in [0, 0.05) is 18.7 Å². The Morgan fingerprint density at radius 1 is 1.44 bits per heavy atom. The molecule has 0 aliphatic heterocycles. The number of benzene rings is 1. The molecule has 0 aliphatic rings. The highest BCUT2D eigenvalue weighted by Gasteiger charge is 2.18. The van der Waals surface area contributed by atoms with Gasteiger partial charge in [0.05, 0.1) is 0 Å². The van der Waals surface area contributed by atoms with Crippen molar-refractivity contribution in [3.05, 3.63) is 29.8 Å². The standard InChI is InChI=1S/C10H15NO4S/c1-8-3-2-4-9(7-8)11-6-5-10(12)16(13,14)15/h2-4,7,10-12H,5-6H2,1H3,(H,13,14,15). The van der Waals surface area contributed by atoms with E-state index in [4.69, 9.17) is 9.66 Å². The smallest absolute Gasteiger partial charge is 0.292 e. The average Bonchev–Trinajstić information content (AvgIpc) is 2.16. The third-order valence-electron chi connectivity index (χ3n) is 2.08. The van der Waals surface area contributed by atoms with E-state index in [1.54, 1.807) is 0 Å². The van der Waals surface area contributed by atoms with E-state index in [2.05, 4.69) is 5.32 Å². The zero-order chi connectivity index (χ0) is 12.2. The molecule has 1 atom stereocenters. The minimum absolute atomic E-state index is 0.0627. The molecule has 0 spiro atoms. The molecule has 0 fully saturated rings. The van der Waals surface area contributed by atoms with Crippen molar-refractivity contribution in [2.45, 2.75) is 18.8 Å². The lowest BCUT2D eigenvalue weighted by Crippen LogP contribution is -2.22. The van der Waals surface area contributed by atoms with Gasteiger partial charge in [-0.05, 0) is 24.6 Å². The van der Waals surface area contributed by atoms with Crippen LogP contribution in [0.2, 0.25) is 0 Å². The van der Waals surface area contributed by atoms with E-state index in [-0.39, 0.29) is 13.0 Å². The third-order valence-corrected chi connectivity index (χ3v) is 3.01. The summed E-state index contributed by atoms with van der Waals surface area (Å²) in [6.45, 7) is 2.21. The van der Waals surface area contributed by atoms with Crippen LogP contribution in [0.1, 0.15) is 12.0 Å². The summed E-state index contributed by atoms with van der Waals surface area (Å²) in [6, 6.07) is 7.56. The molecule has 0 aliphatic carbocycles. The molecular formula is C10H15NO4S. The molecule has 0 radical (unpaired) electrons. The van der Waals surface area contributed by atoms with Crippen molar-refractivity contribution < 1.29 is 18.1 Å². The molecule has 90 valence electrons. The molecule has 0 amide bonds. The molecule has 0 bridgehead atoms. The summed E-state index contributed by atoms with van der Waals surface area (Å²) in [4.78, 5) is 0. The Bertz CT molecular complexity index is 444. The lowest BCUT2D eigenvalue weighted by molar-refractivity contribution is 0.227. The number of hydrogen-bond donors (Lipinski definition) is 3. The van der Waals surface area contributed by atoms with Crippen LogP contribution >= 0.6 is 0 Å². The molecule has 1 unspecified atom stereocenters. The first-order valence-electron chi connectivity index (χ1n) is 4.84. The quantitative estimate of drug-likeness (QED) is 0.674. The van der Waals surface area contributed by atoms with E-state index >= 15 is 0 Å². The van der Waals surface area contributed by atoms with Gasteiger partial charge >= 0.3 is 0 Å². The van der Waals surface area contributed by atoms with Crippen LogP contribution in [0.15, 0.2) is 24.3 Å². The van der Waals surface area contributed by atoms with Crippen LogP contribution in [0.5, 0.6) is 0 Å². The molecule has 1 aromatic rings. The predicted molar refractivity (Wildman–Crippen MR) is 61.8 cm³/mol. The van der Waals surface area contributed by atoms with Gasteiger partial charge in [0.25, 0.3) is 10.1 Å². The number of aryl methyl sites for hydroxylation is 1. The van der Waals surface area contributed by atoms with E-state index in [9.17, 15) is 8.42 Å². The molecule has 16 heavy (non-hydrogen) atoms. The Labute approximate surface area is 94.9 Å². The molecule has 0 saturated heterocycles. The average molecular weight is 245 g/mol. The molecule has 0 heterocycles. The Morgan fingerprint density at radius 3 is 2.69 bits per heavy atom. The van der Waals surface area contributed by atoms with Crippen molar-refractivity contribution in [2.24, 2.45) is 0 Å². The maximum atomic E-state index is 10.5. The molecule has 1 aromatic carbocycles. The lowest BCUT2D eigenvalue weighted by Gasteiger charge is -2.09. The first-order valence-corrected chi connectivity index (χ1v) is 6.35. The predicted octanol–water partition coefficient (Wildman–Crippen LogP) is 1.00. The van der Waals surface area contributed by atoms with Gasteiger partial charge in [0.15, 0.2) is 5.44 Å². The van der Waals surface area contributed by atoms with Crippen LogP contribution in [-0.4, -0.2) is 30.1 Å². The zero-order valence-corrected chi connectivity index (χ0v) is 9.74. The minimum Gasteiger partial charge on any atom is -0.385 e. The Balaban J connectivity index is 2.42. The first-order chi connectivity index (χ1) is 7.39. The summed E-state index contributed by atoms with van der Waals surface area (Å²) in [5.41, 5.74) is 0.202. The van der Waals surface area contributed by atoms with Gasteiger partial charge in [-0.2, -0.15) is 8.42 Å². The van der Waals surface area contributed by atoms with Crippen molar-refractivity contribution >= 4 is 15.8 Å². The third kappa shape index (κ3) is 4.18. The monoisotopic (exact) mass is 245 g/mol. The fourth-order valence-electron chi connectivity index (χ4n) is 1.24. The summed E-state index contributed by atoms with van der Waals surface area (Å²) in [6.07, 6.45) is -0.0627. The molecule has 6 heteroatoms. The van der Waals surface area contributed by atoms with Crippen LogP contribution in [0.3, 0.4) is 0 Å². The van der Waals surface area contributed by atoms with E-state index in [0.29, 0.717) is 0 Å². The SMILES string of the molecule is Cc1cccc(NCCC(O)S(=O)(=O)O)c1. The molecule has 0 aromatic heterocycles. The highest BCUT2D eigenvalue weighted by Crippen LogP contribution is 2.10. The number of aliphatic hydroxyl groups excluding tert-OH is 1. The van der Waals surface area contributed by atoms with Gasteiger partial charge in [-0.15, -0.1) is 0 Å². The van der Waals surface area contributed by atoms with E-state index in [1.165, 1.54) is 0 Å². The maximum Gasteiger partial charge on any atom is 0.292 e. The second-order valence-electron chi connectivity index (χ2n) is 3.55. The van der Waals surface area contributed by atoms with Gasteiger partial charge in [-0.3, -0.25) is 4.55 Å². The molecule has 5 nitrogen and oxygen atoms in total. The van der Waals surface area contributed by atoms with Gasteiger partial charge in [0.1, 0.15) is 0 Å². The minimum atomic E-state index is -4.35. The van der Waals surface area contributed by atoms with Crippen LogP contribution in [0.25, 0.3) is 0 Å². The summed E-state index contributed by atoms with van der Waals surface area (Å²) >= 11 is 0. The second-order valence-corrected chi connectivity index (χ2v) is 5.13. The number of nitrogens with one attached hydrogen (secondary N) is 1. The normalized spacial score (nSPS) is 13.4. The van der Waals surface area contributed by atoms with Gasteiger partial charge in [-0.25, -0.2) is 0 Å². The Kier molecular flexibility index (Phi) is 4.28. The van der Waals surface area contributed by atoms with E-state index < -0.39 is 15.6 Å². The van der Waals surface area contributed by atoms with E-state index in [0.717, 1.165) is 11.3 Å². The topological polar surface area (TPSA) is 86.6 Å². The van der Waals surface area contributed by atoms with Crippen molar-refractivity contribution in [3.63, 3.8) is 0 Å². The summed E-state index contributed by atoms with van der Waals surface area (Å²) < 4.78 is 29.5. The van der Waals surface area contributed by atoms with Crippen molar-refractivity contribution in [2.75, 3.05) is 11.9 Å². The van der Waals surface area contributed by atoms with Gasteiger partial charge in [0.2, 0.25) is 0 Å². The zero-order valence-electron chi connectivity index (χ0n) is 8.92. The molecule has 3 N–H and O–H groups in total. The Hall–Kier alpha value is -1.11. The number of anilines is 1. The highest BCUT2D eigenvalue weighted by atomic mass is 32.2. The Morgan fingerprint density at radius 2 is 2.12 bits per heavy atom. The van der Waals surface area contributed by atoms with Crippen LogP contribution in [0.4, 0.5) is 5.69 Å². The largest absolute Gasteiger partial charge is 0.385 e. The second kappa shape index (κ2) is 5.29. The van der Waals surface area contributed by atoms with Crippen LogP contribution in [-0.2, 0) is 10.1 Å². The number of aliphatic hydroxyl groups is 1. The highest BCUT2D eigenvalue weighted by molar-refractivity contribution is 7.86. The van der Waals surface area contributed by atoms with Crippen LogP contribution in [0, 0.1) is 6.92 Å². The number of rotatable bonds is 5. The lowest BCUT2D eigenvalue weighted by atomic mass is 10.2. The summed E-state index contributed by atoms with van der Waals surface area (Å²) in [5, 5.41) is 12.0. The summed E-state index contributed by atoms with van der Waals surface area (Å²) in [5.74, 6) is 0. The first kappa shape index (κ1) is 13.0. The van der Waals surface area contributed by atoms with E-state index in [1.807, 2.05) is 31.2 Å².